The van der Waals surface area contributed by atoms with E-state index in [-0.39, 0.29) is 40.8 Å². The molecular weight excluding hydrogens is 534 g/mol. The highest BCUT2D eigenvalue weighted by Crippen LogP contribution is 2.36. The van der Waals surface area contributed by atoms with Gasteiger partial charge in [0.25, 0.3) is 5.89 Å². The van der Waals surface area contributed by atoms with E-state index in [1.807, 2.05) is 35.2 Å². The van der Waals surface area contributed by atoms with Crippen LogP contribution >= 0.6 is 0 Å². The number of benzene rings is 2. The Morgan fingerprint density at radius 3 is 2.42 bits per heavy atom. The van der Waals surface area contributed by atoms with Gasteiger partial charge in [-0.15, -0.1) is 0 Å². The molecule has 0 aliphatic carbocycles. The number of nitrogens with zero attached hydrogens (tertiary/aromatic N) is 5. The second-order valence-electron chi connectivity index (χ2n) is 10.9. The van der Waals surface area contributed by atoms with Gasteiger partial charge in [-0.3, -0.25) is 9.36 Å². The summed E-state index contributed by atoms with van der Waals surface area (Å²) < 4.78 is 40.0. The molecule has 6 rings (SSSR count). The van der Waals surface area contributed by atoms with Crippen molar-refractivity contribution in [3.05, 3.63) is 64.9 Å². The van der Waals surface area contributed by atoms with Crippen LogP contribution < -0.4 is 5.76 Å². The number of likely N-dealkylation sites (tertiary alicyclic amines) is 1. The van der Waals surface area contributed by atoms with E-state index in [2.05, 4.69) is 17.1 Å². The lowest BCUT2D eigenvalue weighted by molar-refractivity contribution is -0.138. The van der Waals surface area contributed by atoms with Gasteiger partial charge in [-0.05, 0) is 49.9 Å². The molecule has 2 aliphatic rings. The first-order valence-electron chi connectivity index (χ1n) is 13.4. The molecule has 2 saturated heterocycles. The fraction of sp³-hybridized carbons (Fsp3) is 0.429. The lowest BCUT2D eigenvalue weighted by Crippen LogP contribution is -2.49. The molecule has 11 nitrogen and oxygen atoms in total. The minimum atomic E-state index is -3.78. The normalized spacial score (nSPS) is 18.8. The number of amides is 1. The molecule has 0 N–H and O–H groups in total. The van der Waals surface area contributed by atoms with Crippen molar-refractivity contribution in [1.29, 1.82) is 0 Å². The maximum atomic E-state index is 13.4. The molecule has 0 bridgehead atoms. The van der Waals surface area contributed by atoms with Crippen LogP contribution in [-0.2, 0) is 27.3 Å². The van der Waals surface area contributed by atoms with Gasteiger partial charge >= 0.3 is 5.76 Å². The molecule has 12 heteroatoms. The Morgan fingerprint density at radius 2 is 1.73 bits per heavy atom. The summed E-state index contributed by atoms with van der Waals surface area (Å²) in [6.45, 7) is 3.80. The summed E-state index contributed by atoms with van der Waals surface area (Å²) in [6.07, 6.45) is 2.36. The third-order valence-electron chi connectivity index (χ3n) is 8.37. The van der Waals surface area contributed by atoms with Crippen LogP contribution in [0, 0.1) is 5.92 Å². The highest BCUT2D eigenvalue weighted by molar-refractivity contribution is 7.89. The van der Waals surface area contributed by atoms with Crippen molar-refractivity contribution in [2.45, 2.75) is 42.9 Å². The Hall–Kier alpha value is -3.77. The van der Waals surface area contributed by atoms with Gasteiger partial charge in [0.15, 0.2) is 11.4 Å². The SMILES string of the molecule is Cn1c(=O)oc2cc(S(=O)(=O)N3CCC(C(=O)N4CCC(C)(c5noc(-c6ccccc6)n5)CC4)CC3)ccc21. The number of rotatable bonds is 5. The van der Waals surface area contributed by atoms with Gasteiger partial charge in [0.1, 0.15) is 0 Å². The van der Waals surface area contributed by atoms with Gasteiger partial charge in [0.05, 0.1) is 10.4 Å². The zero-order chi connectivity index (χ0) is 28.1. The summed E-state index contributed by atoms with van der Waals surface area (Å²) in [5.41, 5.74) is 1.34. The summed E-state index contributed by atoms with van der Waals surface area (Å²) in [7, 11) is -2.21. The van der Waals surface area contributed by atoms with Crippen molar-refractivity contribution in [3.63, 3.8) is 0 Å². The molecule has 0 saturated carbocycles. The van der Waals surface area contributed by atoms with E-state index < -0.39 is 15.8 Å². The number of carbonyl (C=O) groups is 1. The van der Waals surface area contributed by atoms with Gasteiger partial charge in [0, 0.05) is 56.2 Å². The molecule has 0 radical (unpaired) electrons. The van der Waals surface area contributed by atoms with Crippen LogP contribution in [0.25, 0.3) is 22.6 Å². The van der Waals surface area contributed by atoms with Crippen molar-refractivity contribution in [2.75, 3.05) is 26.2 Å². The molecule has 1 amide bonds. The smallest absolute Gasteiger partial charge is 0.408 e. The quantitative estimate of drug-likeness (QED) is 0.361. The molecule has 40 heavy (non-hydrogen) atoms. The third kappa shape index (κ3) is 4.64. The molecular formula is C28H31N5O6S. The molecule has 2 fully saturated rings. The lowest BCUT2D eigenvalue weighted by Gasteiger charge is -2.40. The van der Waals surface area contributed by atoms with Gasteiger partial charge in [-0.25, -0.2) is 13.2 Å². The van der Waals surface area contributed by atoms with Crippen LogP contribution in [0.4, 0.5) is 0 Å². The predicted octanol–water partition coefficient (Wildman–Crippen LogP) is 3.16. The summed E-state index contributed by atoms with van der Waals surface area (Å²) in [4.78, 5) is 31.8. The number of sulfonamides is 1. The first-order valence-corrected chi connectivity index (χ1v) is 14.9. The number of piperidine rings is 2. The predicted molar refractivity (Wildman–Crippen MR) is 146 cm³/mol. The van der Waals surface area contributed by atoms with Crippen LogP contribution in [0.1, 0.15) is 38.4 Å². The van der Waals surface area contributed by atoms with E-state index in [1.54, 1.807) is 13.1 Å². The van der Waals surface area contributed by atoms with Crippen LogP contribution in [0.3, 0.4) is 0 Å². The van der Waals surface area contributed by atoms with E-state index in [4.69, 9.17) is 8.94 Å². The average molecular weight is 566 g/mol. The summed E-state index contributed by atoms with van der Waals surface area (Å²) in [6, 6.07) is 14.1. The molecule has 4 heterocycles. The minimum Gasteiger partial charge on any atom is -0.408 e. The van der Waals surface area contributed by atoms with Gasteiger partial charge in [0.2, 0.25) is 15.9 Å². The van der Waals surface area contributed by atoms with Crippen LogP contribution in [0.5, 0.6) is 0 Å². The van der Waals surface area contributed by atoms with Gasteiger partial charge < -0.3 is 13.8 Å². The maximum Gasteiger partial charge on any atom is 0.419 e. The minimum absolute atomic E-state index is 0.0738. The fourth-order valence-corrected chi connectivity index (χ4v) is 7.12. The Kier molecular flexibility index (Phi) is 6.62. The number of oxazole rings is 1. The molecule has 0 unspecified atom stereocenters. The summed E-state index contributed by atoms with van der Waals surface area (Å²) in [5.74, 6) is 0.455. The molecule has 2 aromatic heterocycles. The monoisotopic (exact) mass is 565 g/mol. The van der Waals surface area contributed by atoms with E-state index in [0.717, 1.165) is 18.4 Å². The van der Waals surface area contributed by atoms with Gasteiger partial charge in [-0.2, -0.15) is 9.29 Å². The Bertz CT molecular complexity index is 1710. The Balaban J connectivity index is 1.06. The molecule has 0 spiro atoms. The van der Waals surface area contributed by atoms with Crippen LogP contribution in [0.2, 0.25) is 0 Å². The van der Waals surface area contributed by atoms with Crippen LogP contribution in [0.15, 0.2) is 67.2 Å². The van der Waals surface area contributed by atoms with Crippen molar-refractivity contribution < 1.29 is 22.2 Å². The number of aromatic nitrogens is 3. The summed E-state index contributed by atoms with van der Waals surface area (Å²) >= 11 is 0. The first kappa shape index (κ1) is 26.5. The molecule has 4 aromatic rings. The van der Waals surface area contributed by atoms with Crippen molar-refractivity contribution >= 4 is 27.0 Å². The largest absolute Gasteiger partial charge is 0.419 e. The topological polar surface area (TPSA) is 132 Å². The Labute approximate surface area is 231 Å². The van der Waals surface area contributed by atoms with Crippen molar-refractivity contribution in [3.8, 4) is 11.5 Å². The van der Waals surface area contributed by atoms with E-state index in [9.17, 15) is 18.0 Å². The van der Waals surface area contributed by atoms with E-state index >= 15 is 0 Å². The van der Waals surface area contributed by atoms with Crippen LogP contribution in [-0.4, -0.2) is 64.4 Å². The number of carbonyl (C=O) groups excluding carboxylic acids is 1. The average Bonchev–Trinajstić information content (AvgIpc) is 3.59. The second-order valence-corrected chi connectivity index (χ2v) is 12.8. The molecule has 210 valence electrons. The van der Waals surface area contributed by atoms with E-state index in [0.29, 0.717) is 43.2 Å². The fourth-order valence-electron chi connectivity index (χ4n) is 5.64. The maximum absolute atomic E-state index is 13.4. The zero-order valence-corrected chi connectivity index (χ0v) is 23.3. The second kappa shape index (κ2) is 10.0. The highest BCUT2D eigenvalue weighted by atomic mass is 32.2. The van der Waals surface area contributed by atoms with Gasteiger partial charge in [-0.1, -0.05) is 30.3 Å². The number of hydrogen-bond donors (Lipinski definition) is 0. The molecule has 0 atom stereocenters. The standard InChI is InChI=1S/C28H31N5O6S/c1-28(26-29-24(39-30-26)19-6-4-3-5-7-19)12-16-32(17-13-28)25(34)20-10-14-33(15-11-20)40(36,37)21-8-9-22-23(18-21)38-27(35)31(22)2/h3-9,18,20H,10-17H2,1-2H3. The molecule has 2 aromatic carbocycles. The highest BCUT2D eigenvalue weighted by Gasteiger charge is 2.40. The number of aryl methyl sites for hydroxylation is 1. The zero-order valence-electron chi connectivity index (χ0n) is 22.4. The summed E-state index contributed by atoms with van der Waals surface area (Å²) in [5, 5.41) is 4.25. The lowest BCUT2D eigenvalue weighted by atomic mass is 9.79. The first-order chi connectivity index (χ1) is 19.2. The number of hydrogen-bond acceptors (Lipinski definition) is 8. The number of fused-ring (bicyclic) bond motifs is 1. The molecule has 2 aliphatic heterocycles. The third-order valence-corrected chi connectivity index (χ3v) is 10.3. The van der Waals surface area contributed by atoms with Crippen molar-refractivity contribution in [2.24, 2.45) is 13.0 Å². The Morgan fingerprint density at radius 1 is 1.02 bits per heavy atom. The van der Waals surface area contributed by atoms with E-state index in [1.165, 1.54) is 21.0 Å². The van der Waals surface area contributed by atoms with Crippen molar-refractivity contribution in [1.82, 2.24) is 23.9 Å².